The van der Waals surface area contributed by atoms with E-state index in [9.17, 15) is 0 Å². The van der Waals surface area contributed by atoms with E-state index in [1.54, 1.807) is 5.57 Å². The molecular formula is C15H26. The van der Waals surface area contributed by atoms with Crippen LogP contribution in [0.5, 0.6) is 0 Å². The van der Waals surface area contributed by atoms with Gasteiger partial charge in [-0.25, -0.2) is 0 Å². The van der Waals surface area contributed by atoms with Crippen LogP contribution in [0.3, 0.4) is 0 Å². The van der Waals surface area contributed by atoms with Crippen LogP contribution in [-0.4, -0.2) is 0 Å². The number of allylic oxidation sites excluding steroid dienone is 4. The Kier molecular flexibility index (Phi) is 5.14. The summed E-state index contributed by atoms with van der Waals surface area (Å²) in [5.41, 5.74) is 1.65. The molecule has 0 aliphatic heterocycles. The third kappa shape index (κ3) is 3.52. The van der Waals surface area contributed by atoms with Gasteiger partial charge in [0.25, 0.3) is 0 Å². The van der Waals surface area contributed by atoms with Gasteiger partial charge in [-0.1, -0.05) is 57.9 Å². The van der Waals surface area contributed by atoms with Crippen LogP contribution in [0, 0.1) is 17.8 Å². The summed E-state index contributed by atoms with van der Waals surface area (Å²) < 4.78 is 0. The molecule has 1 rings (SSSR count). The zero-order valence-corrected chi connectivity index (χ0v) is 10.8. The molecule has 0 fully saturated rings. The lowest BCUT2D eigenvalue weighted by atomic mass is 9.88. The highest BCUT2D eigenvalue weighted by molar-refractivity contribution is 5.15. The molecule has 0 saturated carbocycles. The van der Waals surface area contributed by atoms with E-state index in [2.05, 4.69) is 45.9 Å². The van der Waals surface area contributed by atoms with Crippen molar-refractivity contribution >= 4 is 0 Å². The fourth-order valence-electron chi connectivity index (χ4n) is 2.22. The highest BCUT2D eigenvalue weighted by Gasteiger charge is 2.15. The van der Waals surface area contributed by atoms with Crippen LogP contribution in [0.25, 0.3) is 0 Å². The fraction of sp³-hybridized carbons (Fsp3) is 0.733. The van der Waals surface area contributed by atoms with Gasteiger partial charge in [0.1, 0.15) is 0 Å². The van der Waals surface area contributed by atoms with Crippen molar-refractivity contribution in [3.05, 3.63) is 23.8 Å². The van der Waals surface area contributed by atoms with Crippen LogP contribution >= 0.6 is 0 Å². The first-order valence-electron chi connectivity index (χ1n) is 6.54. The molecule has 0 heterocycles. The molecule has 0 aromatic rings. The second kappa shape index (κ2) is 6.15. The molecule has 1 aliphatic rings. The van der Waals surface area contributed by atoms with E-state index in [4.69, 9.17) is 0 Å². The summed E-state index contributed by atoms with van der Waals surface area (Å²) in [7, 11) is 0. The lowest BCUT2D eigenvalue weighted by molar-refractivity contribution is 0.419. The lowest BCUT2D eigenvalue weighted by Crippen LogP contribution is -2.06. The van der Waals surface area contributed by atoms with Crippen LogP contribution in [0.15, 0.2) is 23.8 Å². The van der Waals surface area contributed by atoms with Gasteiger partial charge < -0.3 is 0 Å². The SMILES string of the molecule is CCC(C)C1=CCC(C(C)CC)C=CC1. The second-order valence-electron chi connectivity index (χ2n) is 5.01. The van der Waals surface area contributed by atoms with Gasteiger partial charge in [0.05, 0.1) is 0 Å². The molecule has 0 radical (unpaired) electrons. The van der Waals surface area contributed by atoms with Crippen molar-refractivity contribution in [2.75, 3.05) is 0 Å². The van der Waals surface area contributed by atoms with Crippen molar-refractivity contribution in [1.29, 1.82) is 0 Å². The molecule has 86 valence electrons. The molecule has 3 unspecified atom stereocenters. The first kappa shape index (κ1) is 12.5. The molecule has 0 aromatic heterocycles. The summed E-state index contributed by atoms with van der Waals surface area (Å²) in [6.45, 7) is 9.30. The summed E-state index contributed by atoms with van der Waals surface area (Å²) in [5.74, 6) is 2.37. The Bertz CT molecular complexity index is 234. The molecule has 0 N–H and O–H groups in total. The third-order valence-electron chi connectivity index (χ3n) is 4.01. The van der Waals surface area contributed by atoms with Gasteiger partial charge in [0.2, 0.25) is 0 Å². The van der Waals surface area contributed by atoms with Gasteiger partial charge in [-0.05, 0) is 37.0 Å². The van der Waals surface area contributed by atoms with E-state index in [-0.39, 0.29) is 0 Å². The topological polar surface area (TPSA) is 0 Å². The maximum Gasteiger partial charge on any atom is -0.0136 e. The average molecular weight is 206 g/mol. The number of hydrogen-bond acceptors (Lipinski definition) is 0. The van der Waals surface area contributed by atoms with E-state index in [0.29, 0.717) is 0 Å². The largest absolute Gasteiger partial charge is 0.0845 e. The van der Waals surface area contributed by atoms with Crippen molar-refractivity contribution < 1.29 is 0 Å². The van der Waals surface area contributed by atoms with Gasteiger partial charge >= 0.3 is 0 Å². The van der Waals surface area contributed by atoms with Gasteiger partial charge in [-0.15, -0.1) is 0 Å². The van der Waals surface area contributed by atoms with E-state index in [1.807, 2.05) is 0 Å². The Morgan fingerprint density at radius 3 is 2.60 bits per heavy atom. The van der Waals surface area contributed by atoms with Crippen LogP contribution in [0.2, 0.25) is 0 Å². The highest BCUT2D eigenvalue weighted by atomic mass is 14.2. The minimum atomic E-state index is 0.769. The van der Waals surface area contributed by atoms with Gasteiger partial charge in [0.15, 0.2) is 0 Å². The molecule has 1 aliphatic carbocycles. The fourth-order valence-corrected chi connectivity index (χ4v) is 2.22. The Labute approximate surface area is 95.5 Å². The molecule has 15 heavy (non-hydrogen) atoms. The van der Waals surface area contributed by atoms with E-state index in [1.165, 1.54) is 25.7 Å². The van der Waals surface area contributed by atoms with E-state index >= 15 is 0 Å². The summed E-state index contributed by atoms with van der Waals surface area (Å²) in [6.07, 6.45) is 12.3. The monoisotopic (exact) mass is 206 g/mol. The number of rotatable bonds is 4. The second-order valence-corrected chi connectivity index (χ2v) is 5.01. The van der Waals surface area contributed by atoms with Gasteiger partial charge in [-0.2, -0.15) is 0 Å². The summed E-state index contributed by atoms with van der Waals surface area (Å²) >= 11 is 0. The maximum atomic E-state index is 2.50. The Morgan fingerprint density at radius 2 is 2.00 bits per heavy atom. The molecule has 0 heteroatoms. The molecule has 0 bridgehead atoms. The van der Waals surface area contributed by atoms with Crippen molar-refractivity contribution in [2.24, 2.45) is 17.8 Å². The zero-order valence-electron chi connectivity index (χ0n) is 10.8. The Balaban J connectivity index is 2.63. The average Bonchev–Trinajstić information content (AvgIpc) is 2.52. The van der Waals surface area contributed by atoms with Crippen molar-refractivity contribution in [1.82, 2.24) is 0 Å². The normalized spacial score (nSPS) is 25.6. The highest BCUT2D eigenvalue weighted by Crippen LogP contribution is 2.28. The van der Waals surface area contributed by atoms with Gasteiger partial charge in [-0.3, -0.25) is 0 Å². The van der Waals surface area contributed by atoms with Crippen molar-refractivity contribution in [3.8, 4) is 0 Å². The lowest BCUT2D eigenvalue weighted by Gasteiger charge is -2.17. The quantitative estimate of drug-likeness (QED) is 0.570. The standard InChI is InChI=1S/C15H26/c1-5-12(3)14-8-7-9-15(11-10-14)13(4)6-2/h7-8,11-14H,5-6,9-10H2,1-4H3. The van der Waals surface area contributed by atoms with E-state index in [0.717, 1.165) is 17.8 Å². The third-order valence-corrected chi connectivity index (χ3v) is 4.01. The van der Waals surface area contributed by atoms with Crippen LogP contribution < -0.4 is 0 Å². The van der Waals surface area contributed by atoms with Crippen LogP contribution in [0.1, 0.15) is 53.4 Å². The predicted octanol–water partition coefficient (Wildman–Crippen LogP) is 4.97. The first-order valence-corrected chi connectivity index (χ1v) is 6.54. The molecular weight excluding hydrogens is 180 g/mol. The van der Waals surface area contributed by atoms with Gasteiger partial charge in [0, 0.05) is 0 Å². The molecule has 0 aromatic carbocycles. The summed E-state index contributed by atoms with van der Waals surface area (Å²) in [4.78, 5) is 0. The minimum absolute atomic E-state index is 0.769. The summed E-state index contributed by atoms with van der Waals surface area (Å²) in [5, 5.41) is 0. The van der Waals surface area contributed by atoms with Crippen molar-refractivity contribution in [3.63, 3.8) is 0 Å². The number of hydrogen-bond donors (Lipinski definition) is 0. The zero-order chi connectivity index (χ0) is 11.3. The minimum Gasteiger partial charge on any atom is -0.0845 e. The van der Waals surface area contributed by atoms with Crippen molar-refractivity contribution in [2.45, 2.75) is 53.4 Å². The molecule has 3 atom stereocenters. The maximum absolute atomic E-state index is 2.50. The Hall–Kier alpha value is -0.520. The smallest absolute Gasteiger partial charge is 0.0136 e. The Morgan fingerprint density at radius 1 is 1.27 bits per heavy atom. The van der Waals surface area contributed by atoms with Crippen LogP contribution in [-0.2, 0) is 0 Å². The predicted molar refractivity (Wildman–Crippen MR) is 68.9 cm³/mol. The van der Waals surface area contributed by atoms with Crippen LogP contribution in [0.4, 0.5) is 0 Å². The van der Waals surface area contributed by atoms with E-state index < -0.39 is 0 Å². The molecule has 0 amide bonds. The summed E-state index contributed by atoms with van der Waals surface area (Å²) in [6, 6.07) is 0. The molecule has 0 saturated heterocycles. The molecule has 0 nitrogen and oxygen atoms in total. The molecule has 0 spiro atoms. The first-order chi connectivity index (χ1) is 7.19.